The van der Waals surface area contributed by atoms with Crippen LogP contribution >= 0.6 is 0 Å². The van der Waals surface area contributed by atoms with Gasteiger partial charge in [0.25, 0.3) is 5.91 Å². The maximum Gasteiger partial charge on any atom is 0.251 e. The molecule has 0 bridgehead atoms. The molecule has 0 radical (unpaired) electrons. The van der Waals surface area contributed by atoms with Gasteiger partial charge in [0.1, 0.15) is 0 Å². The molecular formula is C18H28N2O2. The van der Waals surface area contributed by atoms with E-state index in [1.165, 1.54) is 44.3 Å². The van der Waals surface area contributed by atoms with E-state index in [4.69, 9.17) is 4.74 Å². The first-order chi connectivity index (χ1) is 10.8. The molecule has 1 saturated heterocycles. The number of likely N-dealkylation sites (tertiary alicyclic amines) is 1. The van der Waals surface area contributed by atoms with Crippen LogP contribution in [0.3, 0.4) is 0 Å². The Morgan fingerprint density at radius 3 is 2.45 bits per heavy atom. The van der Waals surface area contributed by atoms with E-state index >= 15 is 0 Å². The van der Waals surface area contributed by atoms with E-state index in [-0.39, 0.29) is 5.91 Å². The Labute approximate surface area is 133 Å². The summed E-state index contributed by atoms with van der Waals surface area (Å²) in [5, 5.41) is 2.91. The van der Waals surface area contributed by atoms with Gasteiger partial charge in [-0.15, -0.1) is 0 Å². The molecule has 1 aromatic rings. The topological polar surface area (TPSA) is 41.6 Å². The third-order valence-electron chi connectivity index (χ3n) is 4.13. The number of carbonyl (C=O) groups is 1. The van der Waals surface area contributed by atoms with E-state index in [0.717, 1.165) is 18.5 Å². The van der Waals surface area contributed by atoms with E-state index in [0.29, 0.717) is 13.2 Å². The first-order valence-corrected chi connectivity index (χ1v) is 8.38. The summed E-state index contributed by atoms with van der Waals surface area (Å²) in [5.41, 5.74) is 2.02. The lowest BCUT2D eigenvalue weighted by molar-refractivity contribution is 0.0948. The molecule has 1 aliphatic rings. The van der Waals surface area contributed by atoms with Gasteiger partial charge in [0.2, 0.25) is 0 Å². The highest BCUT2D eigenvalue weighted by atomic mass is 16.5. The standard InChI is InChI=1S/C18H28N2O2/c1-22-14-6-11-19-18(21)17-9-7-16(8-10-17)15-20-12-4-2-3-5-13-20/h7-10H,2-6,11-15H2,1H3,(H,19,21). The summed E-state index contributed by atoms with van der Waals surface area (Å²) in [5.74, 6) is -0.00238. The number of nitrogens with zero attached hydrogens (tertiary/aromatic N) is 1. The predicted octanol–water partition coefficient (Wildman–Crippen LogP) is 2.83. The molecule has 2 rings (SSSR count). The quantitative estimate of drug-likeness (QED) is 0.788. The number of benzene rings is 1. The van der Waals surface area contributed by atoms with Crippen molar-refractivity contribution in [1.82, 2.24) is 10.2 Å². The summed E-state index contributed by atoms with van der Waals surface area (Å²) in [7, 11) is 1.67. The van der Waals surface area contributed by atoms with Crippen LogP contribution in [-0.4, -0.2) is 44.2 Å². The lowest BCUT2D eigenvalue weighted by Gasteiger charge is -2.19. The minimum absolute atomic E-state index is 0.00238. The van der Waals surface area contributed by atoms with Crippen molar-refractivity contribution in [2.75, 3.05) is 33.4 Å². The van der Waals surface area contributed by atoms with Crippen molar-refractivity contribution in [2.24, 2.45) is 0 Å². The minimum Gasteiger partial charge on any atom is -0.385 e. The zero-order valence-electron chi connectivity index (χ0n) is 13.6. The number of methoxy groups -OCH3 is 1. The van der Waals surface area contributed by atoms with Crippen LogP contribution < -0.4 is 5.32 Å². The fourth-order valence-corrected chi connectivity index (χ4v) is 2.83. The van der Waals surface area contributed by atoms with Crippen LogP contribution in [0.2, 0.25) is 0 Å². The molecular weight excluding hydrogens is 276 g/mol. The minimum atomic E-state index is -0.00238. The summed E-state index contributed by atoms with van der Waals surface area (Å²) in [4.78, 5) is 14.5. The van der Waals surface area contributed by atoms with Crippen LogP contribution in [-0.2, 0) is 11.3 Å². The molecule has 1 aliphatic heterocycles. The van der Waals surface area contributed by atoms with E-state index in [2.05, 4.69) is 22.3 Å². The second-order valence-electron chi connectivity index (χ2n) is 5.99. The van der Waals surface area contributed by atoms with Crippen LogP contribution in [0.1, 0.15) is 48.0 Å². The zero-order chi connectivity index (χ0) is 15.6. The molecule has 1 aromatic carbocycles. The Kier molecular flexibility index (Phi) is 7.40. The van der Waals surface area contributed by atoms with Gasteiger partial charge in [0.15, 0.2) is 0 Å². The van der Waals surface area contributed by atoms with Crippen molar-refractivity contribution >= 4 is 5.91 Å². The van der Waals surface area contributed by atoms with E-state index < -0.39 is 0 Å². The molecule has 4 heteroatoms. The molecule has 22 heavy (non-hydrogen) atoms. The lowest BCUT2D eigenvalue weighted by atomic mass is 10.1. The Balaban J connectivity index is 1.80. The van der Waals surface area contributed by atoms with Gasteiger partial charge in [-0.1, -0.05) is 25.0 Å². The molecule has 0 unspecified atom stereocenters. The predicted molar refractivity (Wildman–Crippen MR) is 89.0 cm³/mol. The maximum absolute atomic E-state index is 12.0. The molecule has 0 aromatic heterocycles. The molecule has 1 amide bonds. The summed E-state index contributed by atoms with van der Waals surface area (Å²) < 4.78 is 4.97. The third-order valence-corrected chi connectivity index (χ3v) is 4.13. The van der Waals surface area contributed by atoms with Gasteiger partial charge in [-0.25, -0.2) is 0 Å². The van der Waals surface area contributed by atoms with Gasteiger partial charge in [-0.05, 0) is 50.0 Å². The largest absolute Gasteiger partial charge is 0.385 e. The Bertz CT molecular complexity index is 437. The van der Waals surface area contributed by atoms with Gasteiger partial charge < -0.3 is 10.1 Å². The SMILES string of the molecule is COCCCNC(=O)c1ccc(CN2CCCCCC2)cc1. The molecule has 1 N–H and O–H groups in total. The van der Waals surface area contributed by atoms with Gasteiger partial charge in [0.05, 0.1) is 0 Å². The molecule has 1 fully saturated rings. The Morgan fingerprint density at radius 1 is 1.14 bits per heavy atom. The highest BCUT2D eigenvalue weighted by molar-refractivity contribution is 5.94. The van der Waals surface area contributed by atoms with Crippen LogP contribution in [0.4, 0.5) is 0 Å². The molecule has 0 aliphatic carbocycles. The smallest absolute Gasteiger partial charge is 0.251 e. The molecule has 1 heterocycles. The summed E-state index contributed by atoms with van der Waals surface area (Å²) in [6.07, 6.45) is 6.18. The molecule has 0 atom stereocenters. The number of carbonyl (C=O) groups excluding carboxylic acids is 1. The van der Waals surface area contributed by atoms with Crippen LogP contribution in [0.5, 0.6) is 0 Å². The van der Waals surface area contributed by atoms with Gasteiger partial charge in [-0.3, -0.25) is 9.69 Å². The molecule has 4 nitrogen and oxygen atoms in total. The highest BCUT2D eigenvalue weighted by Crippen LogP contribution is 2.13. The fraction of sp³-hybridized carbons (Fsp3) is 0.611. The van der Waals surface area contributed by atoms with Gasteiger partial charge >= 0.3 is 0 Å². The van der Waals surface area contributed by atoms with Crippen molar-refractivity contribution in [3.05, 3.63) is 35.4 Å². The second kappa shape index (κ2) is 9.59. The second-order valence-corrected chi connectivity index (χ2v) is 5.99. The van der Waals surface area contributed by atoms with Crippen molar-refractivity contribution < 1.29 is 9.53 Å². The Hall–Kier alpha value is -1.39. The maximum atomic E-state index is 12.0. The number of hydrogen-bond donors (Lipinski definition) is 1. The third kappa shape index (κ3) is 5.78. The van der Waals surface area contributed by atoms with Gasteiger partial charge in [-0.2, -0.15) is 0 Å². The molecule has 122 valence electrons. The van der Waals surface area contributed by atoms with Crippen LogP contribution in [0.15, 0.2) is 24.3 Å². The monoisotopic (exact) mass is 304 g/mol. The van der Waals surface area contributed by atoms with Crippen molar-refractivity contribution in [2.45, 2.75) is 38.6 Å². The van der Waals surface area contributed by atoms with Crippen molar-refractivity contribution in [1.29, 1.82) is 0 Å². The van der Waals surface area contributed by atoms with Crippen LogP contribution in [0, 0.1) is 0 Å². The van der Waals surface area contributed by atoms with Crippen molar-refractivity contribution in [3.8, 4) is 0 Å². The zero-order valence-corrected chi connectivity index (χ0v) is 13.6. The summed E-state index contributed by atoms with van der Waals surface area (Å²) >= 11 is 0. The number of ether oxygens (including phenoxy) is 1. The lowest BCUT2D eigenvalue weighted by Crippen LogP contribution is -2.25. The first-order valence-electron chi connectivity index (χ1n) is 8.38. The van der Waals surface area contributed by atoms with E-state index in [9.17, 15) is 4.79 Å². The highest BCUT2D eigenvalue weighted by Gasteiger charge is 2.10. The average Bonchev–Trinajstić information content (AvgIpc) is 2.81. The summed E-state index contributed by atoms with van der Waals surface area (Å²) in [6.45, 7) is 4.72. The van der Waals surface area contributed by atoms with Crippen molar-refractivity contribution in [3.63, 3.8) is 0 Å². The fourth-order valence-electron chi connectivity index (χ4n) is 2.83. The summed E-state index contributed by atoms with van der Waals surface area (Å²) in [6, 6.07) is 8.02. The first kappa shape index (κ1) is 17.0. The average molecular weight is 304 g/mol. The number of hydrogen-bond acceptors (Lipinski definition) is 3. The van der Waals surface area contributed by atoms with Crippen LogP contribution in [0.25, 0.3) is 0 Å². The molecule has 0 saturated carbocycles. The van der Waals surface area contributed by atoms with Gasteiger partial charge in [0, 0.05) is 32.4 Å². The van der Waals surface area contributed by atoms with E-state index in [1.807, 2.05) is 12.1 Å². The number of nitrogens with one attached hydrogen (secondary N) is 1. The van der Waals surface area contributed by atoms with E-state index in [1.54, 1.807) is 7.11 Å². The molecule has 0 spiro atoms. The number of rotatable bonds is 7. The Morgan fingerprint density at radius 2 is 1.82 bits per heavy atom. The normalized spacial score (nSPS) is 16.2. The number of amides is 1.